The first-order chi connectivity index (χ1) is 14.4. The van der Waals surface area contributed by atoms with Crippen LogP contribution in [0.1, 0.15) is 0 Å². The highest BCUT2D eigenvalue weighted by atomic mass is 32.1. The number of nitro benzene ring substituents is 1. The molecule has 156 valence electrons. The number of ether oxygens (including phenoxy) is 1. The van der Waals surface area contributed by atoms with Crippen LogP contribution < -0.4 is 10.1 Å². The molecule has 8 nitrogen and oxygen atoms in total. The maximum atomic E-state index is 13.5. The molecule has 0 spiro atoms. The van der Waals surface area contributed by atoms with Crippen molar-refractivity contribution in [1.29, 1.82) is 0 Å². The van der Waals surface area contributed by atoms with Gasteiger partial charge in [-0.1, -0.05) is 24.3 Å². The maximum absolute atomic E-state index is 13.5. The molecular formula is C20H19FN4O4S. The molecule has 1 N–H and O–H groups in total. The van der Waals surface area contributed by atoms with E-state index in [4.69, 9.17) is 4.74 Å². The van der Waals surface area contributed by atoms with E-state index in [1.165, 1.54) is 29.5 Å². The lowest BCUT2D eigenvalue weighted by Crippen LogP contribution is -2.33. The molecule has 0 unspecified atom stereocenters. The molecule has 0 aliphatic rings. The number of hydrogen-bond acceptors (Lipinski definition) is 7. The number of hydrogen-bond donors (Lipinski definition) is 1. The zero-order valence-electron chi connectivity index (χ0n) is 16.1. The number of nitro groups is 1. The zero-order valence-corrected chi connectivity index (χ0v) is 16.9. The van der Waals surface area contributed by atoms with E-state index >= 15 is 0 Å². The van der Waals surface area contributed by atoms with Crippen molar-refractivity contribution in [3.8, 4) is 17.0 Å². The standard InChI is InChI=1S/C20H19FN4O4S/c1-24(9-10-29-18-8-3-2-7-16(18)21)12-19(26)23-20-22-17(13-30-20)14-5-4-6-15(11-14)25(27)28/h2-8,11,13H,9-10,12H2,1H3,(H,22,23,26). The smallest absolute Gasteiger partial charge is 0.270 e. The first-order valence-electron chi connectivity index (χ1n) is 8.98. The Morgan fingerprint density at radius 3 is 2.87 bits per heavy atom. The van der Waals surface area contributed by atoms with Crippen LogP contribution in [0.25, 0.3) is 11.3 Å². The summed E-state index contributed by atoms with van der Waals surface area (Å²) in [7, 11) is 1.75. The number of thiazole rings is 1. The number of likely N-dealkylation sites (N-methyl/N-ethyl adjacent to an activating group) is 1. The van der Waals surface area contributed by atoms with Gasteiger partial charge in [0.15, 0.2) is 16.7 Å². The number of carbonyl (C=O) groups is 1. The van der Waals surface area contributed by atoms with E-state index in [1.807, 2.05) is 0 Å². The molecule has 2 aromatic carbocycles. The fourth-order valence-electron chi connectivity index (χ4n) is 2.60. The number of carbonyl (C=O) groups excluding carboxylic acids is 1. The van der Waals surface area contributed by atoms with E-state index in [-0.39, 0.29) is 30.5 Å². The predicted molar refractivity (Wildman–Crippen MR) is 112 cm³/mol. The summed E-state index contributed by atoms with van der Waals surface area (Å²) in [6.45, 7) is 0.768. The largest absolute Gasteiger partial charge is 0.489 e. The monoisotopic (exact) mass is 430 g/mol. The molecular weight excluding hydrogens is 411 g/mol. The van der Waals surface area contributed by atoms with Crippen LogP contribution in [0.4, 0.5) is 15.2 Å². The Bertz CT molecular complexity index is 1040. The topological polar surface area (TPSA) is 97.6 Å². The van der Waals surface area contributed by atoms with Gasteiger partial charge in [-0.25, -0.2) is 9.37 Å². The lowest BCUT2D eigenvalue weighted by Gasteiger charge is -2.16. The van der Waals surface area contributed by atoms with E-state index < -0.39 is 10.7 Å². The highest BCUT2D eigenvalue weighted by Gasteiger charge is 2.13. The first-order valence-corrected chi connectivity index (χ1v) is 9.86. The third kappa shape index (κ3) is 5.82. The molecule has 0 saturated heterocycles. The molecule has 1 aromatic heterocycles. The van der Waals surface area contributed by atoms with Crippen molar-refractivity contribution < 1.29 is 18.8 Å². The number of para-hydroxylation sites is 1. The Morgan fingerprint density at radius 1 is 1.30 bits per heavy atom. The van der Waals surface area contributed by atoms with Gasteiger partial charge in [0.05, 0.1) is 17.2 Å². The van der Waals surface area contributed by atoms with Crippen LogP contribution in [-0.2, 0) is 4.79 Å². The summed E-state index contributed by atoms with van der Waals surface area (Å²) < 4.78 is 18.9. The van der Waals surface area contributed by atoms with E-state index in [2.05, 4.69) is 10.3 Å². The third-order valence-electron chi connectivity index (χ3n) is 4.08. The van der Waals surface area contributed by atoms with Gasteiger partial charge in [-0.3, -0.25) is 19.8 Å². The minimum Gasteiger partial charge on any atom is -0.489 e. The zero-order chi connectivity index (χ0) is 21.5. The highest BCUT2D eigenvalue weighted by Crippen LogP contribution is 2.27. The van der Waals surface area contributed by atoms with E-state index in [0.717, 1.165) is 0 Å². The summed E-state index contributed by atoms with van der Waals surface area (Å²) in [5.74, 6) is -0.517. The molecule has 3 rings (SSSR count). The lowest BCUT2D eigenvalue weighted by molar-refractivity contribution is -0.384. The van der Waals surface area contributed by atoms with Gasteiger partial charge in [0.2, 0.25) is 5.91 Å². The fraction of sp³-hybridized carbons (Fsp3) is 0.200. The Morgan fingerprint density at radius 2 is 2.10 bits per heavy atom. The van der Waals surface area contributed by atoms with Crippen molar-refractivity contribution in [2.24, 2.45) is 0 Å². The predicted octanol–water partition coefficient (Wildman–Crippen LogP) is 3.81. The molecule has 0 bridgehead atoms. The number of amides is 1. The van der Waals surface area contributed by atoms with Gasteiger partial charge in [-0.05, 0) is 19.2 Å². The van der Waals surface area contributed by atoms with Crippen LogP contribution in [0.15, 0.2) is 53.9 Å². The molecule has 0 fully saturated rings. The van der Waals surface area contributed by atoms with Gasteiger partial charge < -0.3 is 10.1 Å². The second-order valence-electron chi connectivity index (χ2n) is 6.41. The second kappa shape index (κ2) is 9.90. The Balaban J connectivity index is 1.48. The molecule has 0 saturated carbocycles. The first kappa shape index (κ1) is 21.3. The summed E-state index contributed by atoms with van der Waals surface area (Å²) in [6.07, 6.45) is 0. The Labute approximate surface area is 176 Å². The number of aromatic nitrogens is 1. The van der Waals surface area contributed by atoms with E-state index in [9.17, 15) is 19.3 Å². The van der Waals surface area contributed by atoms with Crippen LogP contribution in [0.2, 0.25) is 0 Å². The molecule has 0 atom stereocenters. The average Bonchev–Trinajstić information content (AvgIpc) is 3.18. The fourth-order valence-corrected chi connectivity index (χ4v) is 3.33. The molecule has 3 aromatic rings. The lowest BCUT2D eigenvalue weighted by atomic mass is 10.1. The molecule has 1 heterocycles. The van der Waals surface area contributed by atoms with Gasteiger partial charge in [-0.15, -0.1) is 11.3 Å². The van der Waals surface area contributed by atoms with Crippen molar-refractivity contribution in [2.75, 3.05) is 32.1 Å². The minimum atomic E-state index is -0.468. The SMILES string of the molecule is CN(CCOc1ccccc1F)CC(=O)Nc1nc(-c2cccc([N+](=O)[O-])c2)cs1. The molecule has 10 heteroatoms. The average molecular weight is 430 g/mol. The Kier molecular flexibility index (Phi) is 7.04. The van der Waals surface area contributed by atoms with Crippen LogP contribution in [0.3, 0.4) is 0 Å². The number of nitrogens with one attached hydrogen (secondary N) is 1. The summed E-state index contributed by atoms with van der Waals surface area (Å²) in [4.78, 5) is 28.7. The van der Waals surface area contributed by atoms with Crippen molar-refractivity contribution in [2.45, 2.75) is 0 Å². The van der Waals surface area contributed by atoms with Crippen molar-refractivity contribution in [3.05, 3.63) is 69.8 Å². The van der Waals surface area contributed by atoms with E-state index in [0.29, 0.717) is 22.9 Å². The Hall–Kier alpha value is -3.37. The van der Waals surface area contributed by atoms with Crippen LogP contribution in [-0.4, -0.2) is 47.5 Å². The van der Waals surface area contributed by atoms with Crippen LogP contribution >= 0.6 is 11.3 Å². The van der Waals surface area contributed by atoms with E-state index in [1.54, 1.807) is 47.7 Å². The summed E-state index contributed by atoms with van der Waals surface area (Å²) in [5.41, 5.74) is 1.12. The van der Waals surface area contributed by atoms with Crippen LogP contribution in [0, 0.1) is 15.9 Å². The number of benzene rings is 2. The molecule has 30 heavy (non-hydrogen) atoms. The van der Waals surface area contributed by atoms with Gasteiger partial charge in [0, 0.05) is 29.6 Å². The number of rotatable bonds is 9. The number of halogens is 1. The number of non-ortho nitro benzene ring substituents is 1. The summed E-state index contributed by atoms with van der Waals surface area (Å²) >= 11 is 1.23. The van der Waals surface area contributed by atoms with Gasteiger partial charge in [0.1, 0.15) is 6.61 Å². The molecule has 0 radical (unpaired) electrons. The minimum absolute atomic E-state index is 0.0229. The third-order valence-corrected chi connectivity index (χ3v) is 4.84. The quantitative estimate of drug-likeness (QED) is 0.410. The summed E-state index contributed by atoms with van der Waals surface area (Å²) in [6, 6.07) is 12.3. The van der Waals surface area contributed by atoms with Crippen molar-refractivity contribution in [1.82, 2.24) is 9.88 Å². The van der Waals surface area contributed by atoms with Gasteiger partial charge in [0.25, 0.3) is 5.69 Å². The molecule has 0 aliphatic heterocycles. The molecule has 1 amide bonds. The summed E-state index contributed by atoms with van der Waals surface area (Å²) in [5, 5.41) is 15.7. The highest BCUT2D eigenvalue weighted by molar-refractivity contribution is 7.14. The van der Waals surface area contributed by atoms with Gasteiger partial charge >= 0.3 is 0 Å². The van der Waals surface area contributed by atoms with Crippen LogP contribution in [0.5, 0.6) is 5.75 Å². The number of anilines is 1. The molecule has 0 aliphatic carbocycles. The second-order valence-corrected chi connectivity index (χ2v) is 7.27. The van der Waals surface area contributed by atoms with Gasteiger partial charge in [-0.2, -0.15) is 0 Å². The maximum Gasteiger partial charge on any atom is 0.270 e. The normalized spacial score (nSPS) is 10.8. The number of nitrogens with zero attached hydrogens (tertiary/aromatic N) is 3. The van der Waals surface area contributed by atoms with Crippen molar-refractivity contribution >= 4 is 28.1 Å². The van der Waals surface area contributed by atoms with Crippen molar-refractivity contribution in [3.63, 3.8) is 0 Å².